The number of hydrogen-bond donors (Lipinski definition) is 0. The molecule has 0 N–H and O–H groups in total. The van der Waals surface area contributed by atoms with Crippen molar-refractivity contribution in [2.75, 3.05) is 0 Å². The van der Waals surface area contributed by atoms with Crippen molar-refractivity contribution in [2.45, 2.75) is 26.1 Å². The minimum Gasteiger partial charge on any atom is -0.209 e. The molecule has 2 aromatic heterocycles. The van der Waals surface area contributed by atoms with Crippen molar-refractivity contribution in [3.63, 3.8) is 0 Å². The molecule has 0 fully saturated rings. The lowest BCUT2D eigenvalue weighted by atomic mass is 10.2. The van der Waals surface area contributed by atoms with Gasteiger partial charge in [0.1, 0.15) is 5.01 Å². The van der Waals surface area contributed by atoms with Crippen molar-refractivity contribution in [3.05, 3.63) is 22.5 Å². The molecule has 15 heavy (non-hydrogen) atoms. The molecule has 0 aromatic carbocycles. The molecule has 0 radical (unpaired) electrons. The van der Waals surface area contributed by atoms with E-state index >= 15 is 0 Å². The summed E-state index contributed by atoms with van der Waals surface area (Å²) >= 11 is 7.54. The number of halogens is 1. The molecule has 0 saturated carbocycles. The van der Waals surface area contributed by atoms with Crippen molar-refractivity contribution in [1.82, 2.24) is 20.0 Å². The van der Waals surface area contributed by atoms with E-state index in [0.29, 0.717) is 0 Å². The van der Waals surface area contributed by atoms with Gasteiger partial charge in [0.05, 0.1) is 11.6 Å². The van der Waals surface area contributed by atoms with Crippen LogP contribution in [0.2, 0.25) is 0 Å². The predicted molar refractivity (Wildman–Crippen MR) is 60.8 cm³/mol. The Morgan fingerprint density at radius 2 is 2.13 bits per heavy atom. The third-order valence-electron chi connectivity index (χ3n) is 2.17. The maximum absolute atomic E-state index is 6.03. The lowest BCUT2D eigenvalue weighted by Crippen LogP contribution is -1.99. The van der Waals surface area contributed by atoms with Crippen LogP contribution in [0.15, 0.2) is 6.20 Å². The van der Waals surface area contributed by atoms with Crippen LogP contribution in [-0.4, -0.2) is 20.0 Å². The summed E-state index contributed by atoms with van der Waals surface area (Å²) in [6, 6.07) is 0. The predicted octanol–water partition coefficient (Wildman–Crippen LogP) is 2.64. The molecular formula is C9H11ClN4S. The molecule has 0 aliphatic heterocycles. The summed E-state index contributed by atoms with van der Waals surface area (Å²) in [6.07, 6.45) is 1.78. The zero-order valence-electron chi connectivity index (χ0n) is 8.73. The largest absolute Gasteiger partial charge is 0.233 e. The smallest absolute Gasteiger partial charge is 0.209 e. The standard InChI is InChI=1S/C9H11ClN4S/c1-5(10)8-4-11-14(6(8)2)9-13-12-7(3)15-9/h4-5H,1-3H3. The van der Waals surface area contributed by atoms with Crippen LogP contribution < -0.4 is 0 Å². The van der Waals surface area contributed by atoms with Gasteiger partial charge >= 0.3 is 0 Å². The highest BCUT2D eigenvalue weighted by Gasteiger charge is 2.14. The number of alkyl halides is 1. The van der Waals surface area contributed by atoms with Gasteiger partial charge < -0.3 is 0 Å². The van der Waals surface area contributed by atoms with Gasteiger partial charge in [-0.05, 0) is 20.8 Å². The Kier molecular flexibility index (Phi) is 2.75. The van der Waals surface area contributed by atoms with Crippen molar-refractivity contribution in [3.8, 4) is 5.13 Å². The Labute approximate surface area is 96.9 Å². The summed E-state index contributed by atoms with van der Waals surface area (Å²) in [5.41, 5.74) is 2.05. The van der Waals surface area contributed by atoms with Gasteiger partial charge in [0, 0.05) is 11.3 Å². The number of rotatable bonds is 2. The van der Waals surface area contributed by atoms with E-state index in [1.54, 1.807) is 10.9 Å². The molecule has 2 heterocycles. The lowest BCUT2D eigenvalue weighted by Gasteiger charge is -2.02. The second-order valence-electron chi connectivity index (χ2n) is 3.32. The van der Waals surface area contributed by atoms with E-state index in [4.69, 9.17) is 11.6 Å². The Morgan fingerprint density at radius 1 is 1.40 bits per heavy atom. The second-order valence-corrected chi connectivity index (χ2v) is 5.13. The summed E-state index contributed by atoms with van der Waals surface area (Å²) in [5.74, 6) is 0. The average Bonchev–Trinajstić information content (AvgIpc) is 2.71. The SMILES string of the molecule is Cc1nnc(-n2ncc(C(C)Cl)c2C)s1. The van der Waals surface area contributed by atoms with Crippen LogP contribution in [0.1, 0.15) is 28.6 Å². The van der Waals surface area contributed by atoms with Gasteiger partial charge in [0.25, 0.3) is 0 Å². The quantitative estimate of drug-likeness (QED) is 0.761. The van der Waals surface area contributed by atoms with Crippen LogP contribution in [0.5, 0.6) is 0 Å². The van der Waals surface area contributed by atoms with E-state index in [1.807, 2.05) is 20.8 Å². The fourth-order valence-corrected chi connectivity index (χ4v) is 2.29. The molecule has 80 valence electrons. The minimum atomic E-state index is -0.0345. The fourth-order valence-electron chi connectivity index (χ4n) is 1.38. The Bertz CT molecular complexity index is 474. The number of nitrogens with zero attached hydrogens (tertiary/aromatic N) is 4. The molecule has 0 bridgehead atoms. The lowest BCUT2D eigenvalue weighted by molar-refractivity contribution is 0.814. The Morgan fingerprint density at radius 3 is 2.60 bits per heavy atom. The van der Waals surface area contributed by atoms with Crippen molar-refractivity contribution >= 4 is 22.9 Å². The van der Waals surface area contributed by atoms with Gasteiger partial charge in [-0.1, -0.05) is 11.3 Å². The maximum Gasteiger partial charge on any atom is 0.233 e. The summed E-state index contributed by atoms with van der Waals surface area (Å²) in [6.45, 7) is 5.84. The molecule has 2 aromatic rings. The van der Waals surface area contributed by atoms with Crippen molar-refractivity contribution in [2.24, 2.45) is 0 Å². The van der Waals surface area contributed by atoms with Crippen LogP contribution in [0, 0.1) is 13.8 Å². The van der Waals surface area contributed by atoms with Gasteiger partial charge in [-0.2, -0.15) is 5.10 Å². The van der Waals surface area contributed by atoms with Crippen LogP contribution in [0.4, 0.5) is 0 Å². The first kappa shape index (κ1) is 10.6. The molecule has 1 unspecified atom stereocenters. The third-order valence-corrected chi connectivity index (χ3v) is 3.22. The number of aryl methyl sites for hydroxylation is 1. The molecule has 4 nitrogen and oxygen atoms in total. The second kappa shape index (κ2) is 3.90. The van der Waals surface area contributed by atoms with Crippen molar-refractivity contribution in [1.29, 1.82) is 0 Å². The molecule has 6 heteroatoms. The molecule has 0 amide bonds. The Balaban J connectivity index is 2.46. The molecule has 0 aliphatic carbocycles. The van der Waals surface area contributed by atoms with Gasteiger partial charge in [-0.25, -0.2) is 4.68 Å². The van der Waals surface area contributed by atoms with Crippen LogP contribution >= 0.6 is 22.9 Å². The number of hydrogen-bond acceptors (Lipinski definition) is 4. The van der Waals surface area contributed by atoms with E-state index in [2.05, 4.69) is 15.3 Å². The third kappa shape index (κ3) is 1.89. The van der Waals surface area contributed by atoms with Crippen molar-refractivity contribution < 1.29 is 0 Å². The Hall–Kier alpha value is -0.940. The van der Waals surface area contributed by atoms with Crippen LogP contribution in [-0.2, 0) is 0 Å². The zero-order valence-corrected chi connectivity index (χ0v) is 10.3. The molecule has 1 atom stereocenters. The van der Waals surface area contributed by atoms with E-state index in [-0.39, 0.29) is 5.38 Å². The van der Waals surface area contributed by atoms with E-state index < -0.39 is 0 Å². The topological polar surface area (TPSA) is 43.6 Å². The van der Waals surface area contributed by atoms with Gasteiger partial charge in [0.15, 0.2) is 0 Å². The van der Waals surface area contributed by atoms with Gasteiger partial charge in [-0.15, -0.1) is 21.8 Å². The minimum absolute atomic E-state index is 0.0345. The van der Waals surface area contributed by atoms with Gasteiger partial charge in [0.2, 0.25) is 5.13 Å². The average molecular weight is 243 g/mol. The normalized spacial score (nSPS) is 13.1. The summed E-state index contributed by atoms with van der Waals surface area (Å²) in [4.78, 5) is 0. The van der Waals surface area contributed by atoms with E-state index in [0.717, 1.165) is 21.4 Å². The first-order chi connectivity index (χ1) is 7.09. The maximum atomic E-state index is 6.03. The monoisotopic (exact) mass is 242 g/mol. The summed E-state index contributed by atoms with van der Waals surface area (Å²) in [5, 5.41) is 14.0. The van der Waals surface area contributed by atoms with Gasteiger partial charge in [-0.3, -0.25) is 0 Å². The molecular weight excluding hydrogens is 232 g/mol. The fraction of sp³-hybridized carbons (Fsp3) is 0.444. The molecule has 0 spiro atoms. The molecule has 0 aliphatic rings. The molecule has 0 saturated heterocycles. The zero-order chi connectivity index (χ0) is 11.0. The van der Waals surface area contributed by atoms with Crippen LogP contribution in [0.3, 0.4) is 0 Å². The van der Waals surface area contributed by atoms with E-state index in [1.165, 1.54) is 11.3 Å². The summed E-state index contributed by atoms with van der Waals surface area (Å²) in [7, 11) is 0. The van der Waals surface area contributed by atoms with E-state index in [9.17, 15) is 0 Å². The summed E-state index contributed by atoms with van der Waals surface area (Å²) < 4.78 is 1.78. The highest BCUT2D eigenvalue weighted by atomic mass is 35.5. The first-order valence-electron chi connectivity index (χ1n) is 4.58. The highest BCUT2D eigenvalue weighted by Crippen LogP contribution is 2.25. The highest BCUT2D eigenvalue weighted by molar-refractivity contribution is 7.13. The van der Waals surface area contributed by atoms with Crippen LogP contribution in [0.25, 0.3) is 5.13 Å². The molecule has 2 rings (SSSR count). The first-order valence-corrected chi connectivity index (χ1v) is 5.84. The number of aromatic nitrogens is 4.